The molecule has 96 valence electrons. The SMILES string of the molecule is Cc1cccc(N(C)Cc2cc(CN)c(C)o2)c1. The lowest BCUT2D eigenvalue weighted by Crippen LogP contribution is -2.15. The Kier molecular flexibility index (Phi) is 3.72. The second-order valence-corrected chi connectivity index (χ2v) is 4.69. The van der Waals surface area contributed by atoms with Crippen molar-refractivity contribution >= 4 is 5.69 Å². The van der Waals surface area contributed by atoms with Gasteiger partial charge in [0.05, 0.1) is 6.54 Å². The number of benzene rings is 1. The van der Waals surface area contributed by atoms with Crippen LogP contribution in [0.3, 0.4) is 0 Å². The third kappa shape index (κ3) is 2.74. The quantitative estimate of drug-likeness (QED) is 0.899. The predicted octanol–water partition coefficient (Wildman–Crippen LogP) is 2.99. The lowest BCUT2D eigenvalue weighted by molar-refractivity contribution is 0.479. The molecular formula is C15H20N2O. The third-order valence-corrected chi connectivity index (χ3v) is 3.13. The molecule has 0 bridgehead atoms. The van der Waals surface area contributed by atoms with Gasteiger partial charge in [-0.1, -0.05) is 12.1 Å². The van der Waals surface area contributed by atoms with Crippen LogP contribution >= 0.6 is 0 Å². The highest BCUT2D eigenvalue weighted by Crippen LogP contribution is 2.20. The van der Waals surface area contributed by atoms with Gasteiger partial charge in [0.2, 0.25) is 0 Å². The average Bonchev–Trinajstić information content (AvgIpc) is 2.69. The smallest absolute Gasteiger partial charge is 0.123 e. The van der Waals surface area contributed by atoms with E-state index in [1.165, 1.54) is 11.3 Å². The van der Waals surface area contributed by atoms with Crippen molar-refractivity contribution in [2.24, 2.45) is 5.73 Å². The number of aryl methyl sites for hydroxylation is 2. The maximum Gasteiger partial charge on any atom is 0.123 e. The molecule has 0 atom stereocenters. The summed E-state index contributed by atoms with van der Waals surface area (Å²) in [7, 11) is 2.06. The van der Waals surface area contributed by atoms with Crippen molar-refractivity contribution in [3.05, 3.63) is 53.0 Å². The molecule has 0 spiro atoms. The van der Waals surface area contributed by atoms with E-state index in [2.05, 4.69) is 43.1 Å². The second kappa shape index (κ2) is 5.27. The molecule has 0 unspecified atom stereocenters. The number of rotatable bonds is 4. The molecule has 0 aliphatic carbocycles. The zero-order chi connectivity index (χ0) is 13.1. The number of furan rings is 1. The predicted molar refractivity (Wildman–Crippen MR) is 74.6 cm³/mol. The minimum absolute atomic E-state index is 0.531. The van der Waals surface area contributed by atoms with E-state index in [1.54, 1.807) is 0 Å². The van der Waals surface area contributed by atoms with E-state index in [0.29, 0.717) is 6.54 Å². The van der Waals surface area contributed by atoms with E-state index in [1.807, 2.05) is 13.0 Å². The molecule has 2 N–H and O–H groups in total. The summed E-state index contributed by atoms with van der Waals surface area (Å²) in [5.74, 6) is 1.88. The van der Waals surface area contributed by atoms with Crippen LogP contribution in [0.15, 0.2) is 34.7 Å². The first kappa shape index (κ1) is 12.7. The Balaban J connectivity index is 2.13. The van der Waals surface area contributed by atoms with Crippen LogP contribution in [-0.2, 0) is 13.1 Å². The van der Waals surface area contributed by atoms with Gasteiger partial charge in [0.25, 0.3) is 0 Å². The minimum atomic E-state index is 0.531. The average molecular weight is 244 g/mol. The fourth-order valence-electron chi connectivity index (χ4n) is 2.06. The molecule has 0 amide bonds. The van der Waals surface area contributed by atoms with Crippen molar-refractivity contribution in [2.75, 3.05) is 11.9 Å². The summed E-state index contributed by atoms with van der Waals surface area (Å²) in [5, 5.41) is 0. The molecule has 3 heteroatoms. The van der Waals surface area contributed by atoms with Crippen LogP contribution < -0.4 is 10.6 Å². The fourth-order valence-corrected chi connectivity index (χ4v) is 2.06. The van der Waals surface area contributed by atoms with Crippen LogP contribution in [0.1, 0.15) is 22.6 Å². The van der Waals surface area contributed by atoms with Gasteiger partial charge in [-0.05, 0) is 37.6 Å². The van der Waals surface area contributed by atoms with Crippen molar-refractivity contribution in [1.82, 2.24) is 0 Å². The summed E-state index contributed by atoms with van der Waals surface area (Å²) in [4.78, 5) is 2.17. The van der Waals surface area contributed by atoms with E-state index < -0.39 is 0 Å². The molecule has 0 fully saturated rings. The highest BCUT2D eigenvalue weighted by molar-refractivity contribution is 5.47. The topological polar surface area (TPSA) is 42.4 Å². The zero-order valence-corrected chi connectivity index (χ0v) is 11.2. The fraction of sp³-hybridized carbons (Fsp3) is 0.333. The van der Waals surface area contributed by atoms with Gasteiger partial charge in [0.15, 0.2) is 0 Å². The number of hydrogen-bond donors (Lipinski definition) is 1. The molecule has 2 aromatic rings. The van der Waals surface area contributed by atoms with Gasteiger partial charge in [-0.25, -0.2) is 0 Å². The van der Waals surface area contributed by atoms with Crippen LogP contribution in [0.4, 0.5) is 5.69 Å². The first-order valence-electron chi connectivity index (χ1n) is 6.16. The summed E-state index contributed by atoms with van der Waals surface area (Å²) in [6.07, 6.45) is 0. The van der Waals surface area contributed by atoms with Crippen molar-refractivity contribution in [3.8, 4) is 0 Å². The van der Waals surface area contributed by atoms with Crippen LogP contribution in [0.25, 0.3) is 0 Å². The van der Waals surface area contributed by atoms with Crippen LogP contribution in [0.5, 0.6) is 0 Å². The van der Waals surface area contributed by atoms with Gasteiger partial charge in [0, 0.05) is 24.8 Å². The Labute approximate surface area is 108 Å². The van der Waals surface area contributed by atoms with Gasteiger partial charge in [-0.15, -0.1) is 0 Å². The van der Waals surface area contributed by atoms with E-state index in [4.69, 9.17) is 10.2 Å². The van der Waals surface area contributed by atoms with Crippen LogP contribution in [0.2, 0.25) is 0 Å². The molecule has 1 aromatic carbocycles. The molecule has 18 heavy (non-hydrogen) atoms. The molecule has 0 aliphatic heterocycles. The van der Waals surface area contributed by atoms with E-state index in [9.17, 15) is 0 Å². The highest BCUT2D eigenvalue weighted by Gasteiger charge is 2.09. The summed E-state index contributed by atoms with van der Waals surface area (Å²) < 4.78 is 5.71. The van der Waals surface area contributed by atoms with Gasteiger partial charge >= 0.3 is 0 Å². The first-order valence-corrected chi connectivity index (χ1v) is 6.16. The number of nitrogens with two attached hydrogens (primary N) is 1. The molecule has 1 heterocycles. The molecule has 0 aliphatic rings. The summed E-state index contributed by atoms with van der Waals surface area (Å²) in [6.45, 7) is 5.34. The van der Waals surface area contributed by atoms with Crippen LogP contribution in [0, 0.1) is 13.8 Å². The Morgan fingerprint density at radius 3 is 2.61 bits per heavy atom. The van der Waals surface area contributed by atoms with E-state index >= 15 is 0 Å². The van der Waals surface area contributed by atoms with Gasteiger partial charge < -0.3 is 15.1 Å². The first-order chi connectivity index (χ1) is 8.60. The second-order valence-electron chi connectivity index (χ2n) is 4.69. The number of anilines is 1. The molecule has 1 aromatic heterocycles. The Morgan fingerprint density at radius 1 is 1.22 bits per heavy atom. The van der Waals surface area contributed by atoms with Crippen molar-refractivity contribution in [3.63, 3.8) is 0 Å². The monoisotopic (exact) mass is 244 g/mol. The summed E-state index contributed by atoms with van der Waals surface area (Å²) in [5.41, 5.74) is 9.19. The molecule has 0 radical (unpaired) electrons. The summed E-state index contributed by atoms with van der Waals surface area (Å²) in [6, 6.07) is 10.5. The minimum Gasteiger partial charge on any atom is -0.464 e. The lowest BCUT2D eigenvalue weighted by atomic mass is 10.2. The van der Waals surface area contributed by atoms with Crippen molar-refractivity contribution in [1.29, 1.82) is 0 Å². The molecule has 0 saturated heterocycles. The zero-order valence-electron chi connectivity index (χ0n) is 11.2. The highest BCUT2D eigenvalue weighted by atomic mass is 16.3. The van der Waals surface area contributed by atoms with Gasteiger partial charge in [-0.2, -0.15) is 0 Å². The molecule has 2 rings (SSSR count). The lowest BCUT2D eigenvalue weighted by Gasteiger charge is -2.18. The van der Waals surface area contributed by atoms with Crippen LogP contribution in [-0.4, -0.2) is 7.05 Å². The number of hydrogen-bond acceptors (Lipinski definition) is 3. The molecule has 3 nitrogen and oxygen atoms in total. The van der Waals surface area contributed by atoms with E-state index in [-0.39, 0.29) is 0 Å². The summed E-state index contributed by atoms with van der Waals surface area (Å²) >= 11 is 0. The van der Waals surface area contributed by atoms with Gasteiger partial charge in [-0.3, -0.25) is 0 Å². The molecular weight excluding hydrogens is 224 g/mol. The normalized spacial score (nSPS) is 10.7. The molecule has 0 saturated carbocycles. The standard InChI is InChI=1S/C15H20N2O/c1-11-5-4-6-14(7-11)17(3)10-15-8-13(9-16)12(2)18-15/h4-8H,9-10,16H2,1-3H3. The third-order valence-electron chi connectivity index (χ3n) is 3.13. The van der Waals surface area contributed by atoms with E-state index in [0.717, 1.165) is 23.6 Å². The Morgan fingerprint density at radius 2 is 2.00 bits per heavy atom. The van der Waals surface area contributed by atoms with Gasteiger partial charge in [0.1, 0.15) is 11.5 Å². The Bertz CT molecular complexity index is 531. The maximum atomic E-state index is 5.71. The maximum absolute atomic E-state index is 5.71. The van der Waals surface area contributed by atoms with Crippen molar-refractivity contribution in [2.45, 2.75) is 26.9 Å². The Hall–Kier alpha value is -1.74. The largest absolute Gasteiger partial charge is 0.464 e. The van der Waals surface area contributed by atoms with Crippen molar-refractivity contribution < 1.29 is 4.42 Å². The number of nitrogens with zero attached hydrogens (tertiary/aromatic N) is 1.